The largest absolute Gasteiger partial charge is 0.355 e. The first-order chi connectivity index (χ1) is 27.8. The number of hydrogen-bond acceptors (Lipinski definition) is 3. The first kappa shape index (κ1) is 34.0. The Morgan fingerprint density at radius 3 is 1.77 bits per heavy atom. The van der Waals surface area contributed by atoms with Gasteiger partial charge in [0.05, 0.1) is 17.1 Å². The molecule has 0 unspecified atom stereocenters. The molecule has 8 aromatic rings. The van der Waals surface area contributed by atoms with Gasteiger partial charge in [0.1, 0.15) is 0 Å². The molecule has 11 rings (SSSR count). The first-order valence-corrected chi connectivity index (χ1v) is 20.8. The number of hydrogen-bond donors (Lipinski definition) is 1. The van der Waals surface area contributed by atoms with E-state index in [1.807, 2.05) is 11.8 Å². The van der Waals surface area contributed by atoms with E-state index in [9.17, 15) is 0 Å². The van der Waals surface area contributed by atoms with Crippen LogP contribution in [0.1, 0.15) is 49.9 Å². The van der Waals surface area contributed by atoms with E-state index in [0.717, 1.165) is 11.4 Å². The van der Waals surface area contributed by atoms with Gasteiger partial charge >= 0.3 is 0 Å². The molecule has 274 valence electrons. The highest BCUT2D eigenvalue weighted by atomic mass is 32.2. The smallest absolute Gasteiger partial charge is 0.0642 e. The second-order valence-electron chi connectivity index (χ2n) is 16.6. The molecule has 3 aliphatic rings. The van der Waals surface area contributed by atoms with Crippen molar-refractivity contribution in [1.82, 2.24) is 0 Å². The Kier molecular flexibility index (Phi) is 7.52. The van der Waals surface area contributed by atoms with Gasteiger partial charge in [0.2, 0.25) is 0 Å². The van der Waals surface area contributed by atoms with E-state index < -0.39 is 0 Å². The molecule has 0 bridgehead atoms. The average Bonchev–Trinajstić information content (AvgIpc) is 3.47. The maximum Gasteiger partial charge on any atom is 0.0642 e. The summed E-state index contributed by atoms with van der Waals surface area (Å²) in [6, 6.07) is 64.8. The Bertz CT molecular complexity index is 2850. The summed E-state index contributed by atoms with van der Waals surface area (Å²) in [6.07, 6.45) is 0. The molecular formula is C54H42N2S. The average molecular weight is 751 g/mol. The molecule has 0 atom stereocenters. The highest BCUT2D eigenvalue weighted by Gasteiger charge is 2.45. The molecule has 8 aromatic carbocycles. The summed E-state index contributed by atoms with van der Waals surface area (Å²) in [7, 11) is 0. The summed E-state index contributed by atoms with van der Waals surface area (Å²) in [6.45, 7) is 9.59. The zero-order valence-electron chi connectivity index (χ0n) is 32.6. The lowest BCUT2D eigenvalue weighted by Crippen LogP contribution is -2.32. The summed E-state index contributed by atoms with van der Waals surface area (Å²) in [5, 5.41) is 4.01. The Hall–Kier alpha value is -6.29. The predicted molar refractivity (Wildman–Crippen MR) is 241 cm³/mol. The lowest BCUT2D eigenvalue weighted by molar-refractivity contribution is 0.628. The summed E-state index contributed by atoms with van der Waals surface area (Å²) in [4.78, 5) is 5.18. The van der Waals surface area contributed by atoms with Crippen LogP contribution in [0.3, 0.4) is 0 Å². The molecule has 0 fully saturated rings. The number of para-hydroxylation sites is 3. The molecular weight excluding hydrogens is 709 g/mol. The van der Waals surface area contributed by atoms with Crippen LogP contribution in [0.5, 0.6) is 0 Å². The molecule has 0 aromatic heterocycles. The van der Waals surface area contributed by atoms with E-state index in [4.69, 9.17) is 0 Å². The van der Waals surface area contributed by atoms with Crippen molar-refractivity contribution in [1.29, 1.82) is 0 Å². The van der Waals surface area contributed by atoms with Crippen molar-refractivity contribution in [2.45, 2.75) is 48.3 Å². The zero-order valence-corrected chi connectivity index (χ0v) is 33.4. The fourth-order valence-corrected chi connectivity index (χ4v) is 11.1. The molecule has 1 N–H and O–H groups in total. The SMILES string of the molecule is CC1(C)c2ccccc2N2c3cc4c(c(-c5ccccc5Nc5cc(-c6ccccc6)cc(-c6ccccc6)c5)c3Sc3cccc1c32)C(C)(C)c1ccccc1-4. The molecule has 0 saturated carbocycles. The number of rotatable bonds is 5. The molecule has 2 aliphatic heterocycles. The van der Waals surface area contributed by atoms with Crippen LogP contribution >= 0.6 is 11.8 Å². The van der Waals surface area contributed by atoms with Gasteiger partial charge in [-0.25, -0.2) is 0 Å². The number of fused-ring (bicyclic) bond motifs is 7. The minimum atomic E-state index is -0.221. The van der Waals surface area contributed by atoms with E-state index in [2.05, 4.69) is 214 Å². The molecule has 2 heterocycles. The van der Waals surface area contributed by atoms with Crippen molar-refractivity contribution in [3.63, 3.8) is 0 Å². The summed E-state index contributed by atoms with van der Waals surface area (Å²) in [5.74, 6) is 0. The van der Waals surface area contributed by atoms with E-state index >= 15 is 0 Å². The zero-order chi connectivity index (χ0) is 38.5. The molecule has 0 spiro atoms. The van der Waals surface area contributed by atoms with Crippen LogP contribution in [0, 0.1) is 0 Å². The van der Waals surface area contributed by atoms with Gasteiger partial charge in [-0.05, 0) is 98.1 Å². The van der Waals surface area contributed by atoms with Gasteiger partial charge in [-0.3, -0.25) is 0 Å². The molecule has 2 nitrogen and oxygen atoms in total. The third-order valence-electron chi connectivity index (χ3n) is 12.6. The third kappa shape index (κ3) is 5.12. The molecule has 1 aliphatic carbocycles. The van der Waals surface area contributed by atoms with Crippen molar-refractivity contribution in [2.75, 3.05) is 10.2 Å². The van der Waals surface area contributed by atoms with Crippen LogP contribution in [0.25, 0.3) is 44.5 Å². The van der Waals surface area contributed by atoms with E-state index in [0.29, 0.717) is 0 Å². The maximum absolute atomic E-state index is 4.01. The number of nitrogens with one attached hydrogen (secondary N) is 1. The van der Waals surface area contributed by atoms with E-state index in [-0.39, 0.29) is 10.8 Å². The van der Waals surface area contributed by atoms with Crippen molar-refractivity contribution in [2.24, 2.45) is 0 Å². The molecule has 0 saturated heterocycles. The number of nitrogens with zero attached hydrogens (tertiary/aromatic N) is 1. The summed E-state index contributed by atoms with van der Waals surface area (Å²) in [5.41, 5.74) is 21.0. The van der Waals surface area contributed by atoms with Crippen molar-refractivity contribution in [3.05, 3.63) is 198 Å². The van der Waals surface area contributed by atoms with Gasteiger partial charge in [-0.1, -0.05) is 173 Å². The first-order valence-electron chi connectivity index (χ1n) is 19.9. The van der Waals surface area contributed by atoms with Crippen LogP contribution < -0.4 is 10.2 Å². The molecule has 0 radical (unpaired) electrons. The van der Waals surface area contributed by atoms with Gasteiger partial charge < -0.3 is 10.2 Å². The molecule has 0 amide bonds. The second-order valence-corrected chi connectivity index (χ2v) is 17.7. The quantitative estimate of drug-likeness (QED) is 0.189. The van der Waals surface area contributed by atoms with Crippen LogP contribution in [-0.2, 0) is 10.8 Å². The topological polar surface area (TPSA) is 15.3 Å². The predicted octanol–water partition coefficient (Wildman–Crippen LogP) is 15.3. The lowest BCUT2D eigenvalue weighted by atomic mass is 9.73. The van der Waals surface area contributed by atoms with Crippen LogP contribution in [0.15, 0.2) is 186 Å². The fraction of sp³-hybridized carbons (Fsp3) is 0.111. The minimum Gasteiger partial charge on any atom is -0.355 e. The maximum atomic E-state index is 4.01. The highest BCUT2D eigenvalue weighted by molar-refractivity contribution is 8.00. The second kappa shape index (κ2) is 12.6. The molecule has 3 heteroatoms. The van der Waals surface area contributed by atoms with Crippen molar-refractivity contribution in [3.8, 4) is 44.5 Å². The molecule has 57 heavy (non-hydrogen) atoms. The number of benzene rings is 8. The summed E-state index contributed by atoms with van der Waals surface area (Å²) >= 11 is 1.94. The van der Waals surface area contributed by atoms with Crippen molar-refractivity contribution >= 4 is 40.2 Å². The third-order valence-corrected chi connectivity index (χ3v) is 13.7. The Morgan fingerprint density at radius 1 is 0.456 bits per heavy atom. The van der Waals surface area contributed by atoms with Gasteiger partial charge in [0.25, 0.3) is 0 Å². The normalized spacial score (nSPS) is 14.8. The highest BCUT2D eigenvalue weighted by Crippen LogP contribution is 2.65. The van der Waals surface area contributed by atoms with Gasteiger partial charge in [0, 0.05) is 43.1 Å². The van der Waals surface area contributed by atoms with Crippen molar-refractivity contribution < 1.29 is 0 Å². The van der Waals surface area contributed by atoms with E-state index in [1.54, 1.807) is 0 Å². The minimum absolute atomic E-state index is 0.131. The lowest BCUT2D eigenvalue weighted by Gasteiger charge is -2.46. The Morgan fingerprint density at radius 2 is 1.05 bits per heavy atom. The van der Waals surface area contributed by atoms with Gasteiger partial charge in [-0.2, -0.15) is 0 Å². The van der Waals surface area contributed by atoms with Gasteiger partial charge in [-0.15, -0.1) is 0 Å². The van der Waals surface area contributed by atoms with E-state index in [1.165, 1.54) is 93.6 Å². The monoisotopic (exact) mass is 750 g/mol. The van der Waals surface area contributed by atoms with Crippen LogP contribution in [-0.4, -0.2) is 0 Å². The number of anilines is 5. The van der Waals surface area contributed by atoms with Gasteiger partial charge in [0.15, 0.2) is 0 Å². The Balaban J connectivity index is 1.17. The standard InChI is InChI=1S/C54H42N2S/c1-53(2)43-25-14-16-28-46(43)56-47-33-41-39-22-11-13-24-42(39)54(3,4)50(41)49(52(47)57-48-29-17-26-44(53)51(48)56)40-23-12-15-27-45(40)55-38-31-36(34-18-7-5-8-19-34)30-37(32-38)35-20-9-6-10-21-35/h5-33,55H,1-4H3. The van der Waals surface area contributed by atoms with Crippen LogP contribution in [0.4, 0.5) is 28.4 Å². The summed E-state index contributed by atoms with van der Waals surface area (Å²) < 4.78 is 0. The fourth-order valence-electron chi connectivity index (χ4n) is 9.86. The Labute approximate surface area is 339 Å². The van der Waals surface area contributed by atoms with Crippen LogP contribution in [0.2, 0.25) is 0 Å².